The average molecular weight is 372 g/mol. The third-order valence-corrected chi connectivity index (χ3v) is 4.36. The minimum absolute atomic E-state index is 0.376. The summed E-state index contributed by atoms with van der Waals surface area (Å²) >= 11 is 0. The first-order valence-electron chi connectivity index (χ1n) is 9.19. The lowest BCUT2D eigenvalue weighted by Crippen LogP contribution is -2.27. The maximum Gasteiger partial charge on any atom is 0.338 e. The SMILES string of the molecule is O=C(O[C@@H](/C=C/c1ccccc1)CC1Oc2ccccc2O1)c1ccccc1. The van der Waals surface area contributed by atoms with Gasteiger partial charge in [-0.15, -0.1) is 0 Å². The maximum atomic E-state index is 12.5. The van der Waals surface area contributed by atoms with Gasteiger partial charge in [-0.05, 0) is 35.9 Å². The summed E-state index contributed by atoms with van der Waals surface area (Å²) in [7, 11) is 0. The van der Waals surface area contributed by atoms with E-state index in [0.29, 0.717) is 23.5 Å². The number of fused-ring (bicyclic) bond motifs is 1. The molecule has 0 unspecified atom stereocenters. The molecule has 3 aromatic rings. The molecule has 1 heterocycles. The Morgan fingerprint density at radius 2 is 1.43 bits per heavy atom. The quantitative estimate of drug-likeness (QED) is 0.564. The zero-order chi connectivity index (χ0) is 19.2. The lowest BCUT2D eigenvalue weighted by molar-refractivity contribution is -0.00485. The second-order valence-electron chi connectivity index (χ2n) is 6.43. The third-order valence-electron chi connectivity index (χ3n) is 4.36. The van der Waals surface area contributed by atoms with Crippen molar-refractivity contribution in [3.8, 4) is 11.5 Å². The molecule has 4 heteroatoms. The van der Waals surface area contributed by atoms with Crippen LogP contribution in [0.4, 0.5) is 0 Å². The molecule has 4 rings (SSSR count). The molecular weight excluding hydrogens is 352 g/mol. The second kappa shape index (κ2) is 8.44. The van der Waals surface area contributed by atoms with E-state index >= 15 is 0 Å². The summed E-state index contributed by atoms with van der Waals surface area (Å²) in [6.07, 6.45) is 3.19. The molecule has 4 nitrogen and oxygen atoms in total. The Bertz CT molecular complexity index is 926. The molecule has 0 aromatic heterocycles. The number of rotatable bonds is 6. The van der Waals surface area contributed by atoms with Gasteiger partial charge in [-0.25, -0.2) is 4.79 Å². The van der Waals surface area contributed by atoms with Crippen LogP contribution in [0.5, 0.6) is 11.5 Å². The van der Waals surface area contributed by atoms with Crippen molar-refractivity contribution in [1.29, 1.82) is 0 Å². The molecule has 0 radical (unpaired) electrons. The van der Waals surface area contributed by atoms with Crippen molar-refractivity contribution in [2.24, 2.45) is 0 Å². The van der Waals surface area contributed by atoms with Crippen molar-refractivity contribution < 1.29 is 19.0 Å². The van der Waals surface area contributed by atoms with E-state index in [9.17, 15) is 4.79 Å². The molecule has 3 aromatic carbocycles. The lowest BCUT2D eigenvalue weighted by Gasteiger charge is -2.18. The van der Waals surface area contributed by atoms with Gasteiger partial charge < -0.3 is 14.2 Å². The fraction of sp³-hybridized carbons (Fsp3) is 0.125. The number of esters is 1. The number of hydrogen-bond donors (Lipinski definition) is 0. The van der Waals surface area contributed by atoms with Gasteiger partial charge in [-0.3, -0.25) is 0 Å². The van der Waals surface area contributed by atoms with E-state index in [1.54, 1.807) is 12.1 Å². The molecule has 0 saturated carbocycles. The number of carbonyl (C=O) groups is 1. The zero-order valence-electron chi connectivity index (χ0n) is 15.2. The largest absolute Gasteiger partial charge is 0.454 e. The first kappa shape index (κ1) is 17.9. The van der Waals surface area contributed by atoms with Crippen LogP contribution in [0.2, 0.25) is 0 Å². The van der Waals surface area contributed by atoms with Crippen LogP contribution in [0.3, 0.4) is 0 Å². The van der Waals surface area contributed by atoms with Crippen molar-refractivity contribution in [3.63, 3.8) is 0 Å². The Hall–Kier alpha value is -3.53. The number of benzene rings is 3. The molecule has 0 aliphatic carbocycles. The summed E-state index contributed by atoms with van der Waals surface area (Å²) in [6, 6.07) is 26.3. The molecule has 140 valence electrons. The predicted molar refractivity (Wildman–Crippen MR) is 107 cm³/mol. The number of carbonyl (C=O) groups excluding carboxylic acids is 1. The maximum absolute atomic E-state index is 12.5. The Balaban J connectivity index is 1.48. The molecule has 28 heavy (non-hydrogen) atoms. The van der Waals surface area contributed by atoms with E-state index in [-0.39, 0.29) is 5.97 Å². The Labute approximate surface area is 164 Å². The molecule has 0 N–H and O–H groups in total. The van der Waals surface area contributed by atoms with Crippen molar-refractivity contribution in [2.45, 2.75) is 18.8 Å². The normalized spacial score (nSPS) is 14.1. The van der Waals surface area contributed by atoms with Crippen molar-refractivity contribution in [1.82, 2.24) is 0 Å². The van der Waals surface area contributed by atoms with Crippen LogP contribution in [-0.4, -0.2) is 18.4 Å². The highest BCUT2D eigenvalue weighted by molar-refractivity contribution is 5.89. The molecule has 0 amide bonds. The highest BCUT2D eigenvalue weighted by Gasteiger charge is 2.27. The number of para-hydroxylation sites is 2. The average Bonchev–Trinajstić information content (AvgIpc) is 3.15. The molecule has 1 atom stereocenters. The molecule has 0 spiro atoms. The van der Waals surface area contributed by atoms with E-state index in [2.05, 4.69) is 0 Å². The fourth-order valence-corrected chi connectivity index (χ4v) is 2.97. The predicted octanol–water partition coefficient (Wildman–Crippen LogP) is 5.11. The van der Waals surface area contributed by atoms with Crippen molar-refractivity contribution >= 4 is 12.0 Å². The van der Waals surface area contributed by atoms with Gasteiger partial charge in [0.15, 0.2) is 11.5 Å². The Kier molecular flexibility index (Phi) is 5.38. The number of hydrogen-bond acceptors (Lipinski definition) is 4. The molecule has 0 saturated heterocycles. The van der Waals surface area contributed by atoms with Gasteiger partial charge in [0.05, 0.1) is 12.0 Å². The zero-order valence-corrected chi connectivity index (χ0v) is 15.2. The highest BCUT2D eigenvalue weighted by Crippen LogP contribution is 2.35. The lowest BCUT2D eigenvalue weighted by atomic mass is 10.1. The third kappa shape index (κ3) is 4.41. The van der Waals surface area contributed by atoms with E-state index < -0.39 is 12.4 Å². The highest BCUT2D eigenvalue weighted by atomic mass is 16.7. The minimum atomic E-state index is -0.508. The van der Waals surface area contributed by atoms with Gasteiger partial charge >= 0.3 is 5.97 Å². The summed E-state index contributed by atoms with van der Waals surface area (Å²) in [4.78, 5) is 12.5. The first-order chi connectivity index (χ1) is 13.8. The summed E-state index contributed by atoms with van der Waals surface area (Å²) in [5.74, 6) is 1.03. The Morgan fingerprint density at radius 1 is 0.857 bits per heavy atom. The van der Waals surface area contributed by atoms with Crippen molar-refractivity contribution in [3.05, 3.63) is 102 Å². The number of ether oxygens (including phenoxy) is 3. The second-order valence-corrected chi connectivity index (χ2v) is 6.43. The fourth-order valence-electron chi connectivity index (χ4n) is 2.97. The minimum Gasteiger partial charge on any atom is -0.454 e. The molecular formula is C24H20O4. The van der Waals surface area contributed by atoms with Crippen LogP contribution in [-0.2, 0) is 4.74 Å². The molecule has 0 fully saturated rings. The van der Waals surface area contributed by atoms with Gasteiger partial charge in [0.2, 0.25) is 6.29 Å². The topological polar surface area (TPSA) is 44.8 Å². The summed E-state index contributed by atoms with van der Waals surface area (Å²) < 4.78 is 17.4. The Morgan fingerprint density at radius 3 is 2.07 bits per heavy atom. The summed E-state index contributed by atoms with van der Waals surface area (Å²) in [5.41, 5.74) is 1.54. The standard InChI is InChI=1S/C24H20O4/c25-24(19-11-5-2-6-12-19)26-20(16-15-18-9-3-1-4-10-18)17-23-27-21-13-7-8-14-22(21)28-23/h1-16,20,23H,17H2/b16-15+/t20-/m0/s1. The van der Waals surface area contributed by atoms with Crippen LogP contribution >= 0.6 is 0 Å². The van der Waals surface area contributed by atoms with Gasteiger partial charge in [0, 0.05) is 0 Å². The molecule has 1 aliphatic rings. The van der Waals surface area contributed by atoms with Crippen LogP contribution in [0.25, 0.3) is 6.08 Å². The monoisotopic (exact) mass is 372 g/mol. The van der Waals surface area contributed by atoms with Gasteiger partial charge in [-0.2, -0.15) is 0 Å². The van der Waals surface area contributed by atoms with E-state index in [4.69, 9.17) is 14.2 Å². The summed E-state index contributed by atoms with van der Waals surface area (Å²) in [5, 5.41) is 0. The van der Waals surface area contributed by atoms with E-state index in [1.807, 2.05) is 84.9 Å². The van der Waals surface area contributed by atoms with Crippen LogP contribution < -0.4 is 9.47 Å². The van der Waals surface area contributed by atoms with E-state index in [0.717, 1.165) is 5.56 Å². The first-order valence-corrected chi connectivity index (χ1v) is 9.19. The van der Waals surface area contributed by atoms with E-state index in [1.165, 1.54) is 0 Å². The smallest absolute Gasteiger partial charge is 0.338 e. The van der Waals surface area contributed by atoms with Gasteiger partial charge in [0.1, 0.15) is 6.10 Å². The van der Waals surface area contributed by atoms with Crippen LogP contribution in [0.15, 0.2) is 91.0 Å². The van der Waals surface area contributed by atoms with Crippen LogP contribution in [0, 0.1) is 0 Å². The van der Waals surface area contributed by atoms with Crippen molar-refractivity contribution in [2.75, 3.05) is 0 Å². The summed E-state index contributed by atoms with van der Waals surface area (Å²) in [6.45, 7) is 0. The molecule has 1 aliphatic heterocycles. The van der Waals surface area contributed by atoms with Gasteiger partial charge in [0.25, 0.3) is 0 Å². The van der Waals surface area contributed by atoms with Gasteiger partial charge in [-0.1, -0.05) is 66.7 Å². The molecule has 0 bridgehead atoms. The van der Waals surface area contributed by atoms with Crippen LogP contribution in [0.1, 0.15) is 22.3 Å².